The Hall–Kier alpha value is -1.14. The van der Waals surface area contributed by atoms with Gasteiger partial charge in [0.05, 0.1) is 28.6 Å². The quantitative estimate of drug-likeness (QED) is 0.866. The molecule has 0 unspecified atom stereocenters. The van der Waals surface area contributed by atoms with Crippen molar-refractivity contribution in [2.45, 2.75) is 10.6 Å². The summed E-state index contributed by atoms with van der Waals surface area (Å²) in [5.74, 6) is 1.79. The minimum Gasteiger partial charge on any atom is -0.495 e. The maximum atomic E-state index is 12.4. The van der Waals surface area contributed by atoms with Crippen molar-refractivity contribution in [1.82, 2.24) is 9.55 Å². The normalized spacial score (nSPS) is 12.4. The highest BCUT2D eigenvalue weighted by molar-refractivity contribution is 9.10. The molecule has 0 radical (unpaired) electrons. The number of hydrogen-bond acceptors (Lipinski definition) is 3. The lowest BCUT2D eigenvalue weighted by Gasteiger charge is -2.08. The maximum absolute atomic E-state index is 12.4. The summed E-state index contributed by atoms with van der Waals surface area (Å²) in [4.78, 5) is 4.85. The van der Waals surface area contributed by atoms with Crippen LogP contribution in [0.3, 0.4) is 0 Å². The summed E-state index contributed by atoms with van der Waals surface area (Å²) in [5, 5.41) is 0. The van der Waals surface area contributed by atoms with Crippen LogP contribution in [-0.2, 0) is 23.6 Å². The zero-order valence-corrected chi connectivity index (χ0v) is 12.5. The van der Waals surface area contributed by atoms with E-state index < -0.39 is 10.8 Å². The fourth-order valence-corrected chi connectivity index (χ4v) is 3.37. The molecule has 0 aliphatic carbocycles. The van der Waals surface area contributed by atoms with Crippen molar-refractivity contribution in [2.75, 3.05) is 7.11 Å². The molecule has 0 spiro atoms. The Labute approximate surface area is 117 Å². The van der Waals surface area contributed by atoms with Gasteiger partial charge in [0.15, 0.2) is 0 Å². The molecule has 96 valence electrons. The Balaban J connectivity index is 2.29. The topological polar surface area (TPSA) is 44.1 Å². The number of aryl methyl sites for hydroxylation is 1. The van der Waals surface area contributed by atoms with Crippen LogP contribution < -0.4 is 4.74 Å². The van der Waals surface area contributed by atoms with Gasteiger partial charge in [0, 0.05) is 23.9 Å². The second-order valence-corrected chi connectivity index (χ2v) is 6.07. The first-order valence-electron chi connectivity index (χ1n) is 5.30. The molecule has 6 heteroatoms. The van der Waals surface area contributed by atoms with Crippen molar-refractivity contribution in [3.05, 3.63) is 40.9 Å². The number of ether oxygens (including phenoxy) is 1. The first kappa shape index (κ1) is 13.3. The number of halogens is 1. The van der Waals surface area contributed by atoms with Gasteiger partial charge in [0.2, 0.25) is 0 Å². The molecule has 2 aromatic rings. The number of methoxy groups -OCH3 is 1. The van der Waals surface area contributed by atoms with E-state index in [1.54, 1.807) is 19.4 Å². The third kappa shape index (κ3) is 2.81. The van der Waals surface area contributed by atoms with Crippen LogP contribution in [0.2, 0.25) is 0 Å². The molecule has 0 aliphatic heterocycles. The molecule has 0 amide bonds. The van der Waals surface area contributed by atoms with E-state index in [0.29, 0.717) is 16.4 Å². The second kappa shape index (κ2) is 5.67. The smallest absolute Gasteiger partial charge is 0.135 e. The summed E-state index contributed by atoms with van der Waals surface area (Å²) in [6.45, 7) is 0. The highest BCUT2D eigenvalue weighted by atomic mass is 79.9. The van der Waals surface area contributed by atoms with Gasteiger partial charge in [-0.1, -0.05) is 15.9 Å². The van der Waals surface area contributed by atoms with Crippen molar-refractivity contribution in [2.24, 2.45) is 7.05 Å². The standard InChI is InChI=1S/C12H13BrN2O2S/c1-15-6-5-14-12(15)8-18(16)11-7-9(13)3-4-10(11)17-2/h3-7H,8H2,1-2H3/t18-/m0/s1. The van der Waals surface area contributed by atoms with Crippen LogP contribution in [-0.4, -0.2) is 20.9 Å². The van der Waals surface area contributed by atoms with Crippen molar-refractivity contribution in [3.63, 3.8) is 0 Å². The summed E-state index contributed by atoms with van der Waals surface area (Å²) >= 11 is 3.38. The van der Waals surface area contributed by atoms with Crippen molar-refractivity contribution in [3.8, 4) is 5.75 Å². The van der Waals surface area contributed by atoms with E-state index in [2.05, 4.69) is 20.9 Å². The Kier molecular flexibility index (Phi) is 4.19. The van der Waals surface area contributed by atoms with E-state index >= 15 is 0 Å². The van der Waals surface area contributed by atoms with Crippen LogP contribution in [0.25, 0.3) is 0 Å². The minimum atomic E-state index is -1.18. The number of benzene rings is 1. The van der Waals surface area contributed by atoms with E-state index in [0.717, 1.165) is 10.3 Å². The zero-order valence-electron chi connectivity index (χ0n) is 10.1. The third-order valence-corrected chi connectivity index (χ3v) is 4.38. The summed E-state index contributed by atoms with van der Waals surface area (Å²) in [7, 11) is 2.28. The molecule has 1 heterocycles. The van der Waals surface area contributed by atoms with Gasteiger partial charge in [0.25, 0.3) is 0 Å². The summed E-state index contributed by atoms with van der Waals surface area (Å²) in [6, 6.07) is 5.48. The van der Waals surface area contributed by atoms with Crippen molar-refractivity contribution < 1.29 is 8.95 Å². The Morgan fingerprint density at radius 1 is 1.50 bits per heavy atom. The Morgan fingerprint density at radius 3 is 2.89 bits per heavy atom. The Bertz CT molecular complexity index is 583. The average molecular weight is 329 g/mol. The number of rotatable bonds is 4. The van der Waals surface area contributed by atoms with Gasteiger partial charge in [-0.3, -0.25) is 4.21 Å². The number of nitrogens with zero attached hydrogens (tertiary/aromatic N) is 2. The van der Waals surface area contributed by atoms with Crippen LogP contribution >= 0.6 is 15.9 Å². The van der Waals surface area contributed by atoms with Gasteiger partial charge in [-0.15, -0.1) is 0 Å². The molecule has 0 fully saturated rings. The number of imidazole rings is 1. The summed E-state index contributed by atoms with van der Waals surface area (Å²) < 4.78 is 20.3. The highest BCUT2D eigenvalue weighted by Gasteiger charge is 2.13. The molecule has 0 saturated carbocycles. The number of hydrogen-bond donors (Lipinski definition) is 0. The lowest BCUT2D eigenvalue weighted by molar-refractivity contribution is 0.404. The molecular formula is C12H13BrN2O2S. The Morgan fingerprint density at radius 2 is 2.28 bits per heavy atom. The van der Waals surface area contributed by atoms with E-state index in [-0.39, 0.29) is 0 Å². The van der Waals surface area contributed by atoms with Gasteiger partial charge in [-0.05, 0) is 18.2 Å². The monoisotopic (exact) mass is 328 g/mol. The van der Waals surface area contributed by atoms with Gasteiger partial charge in [-0.2, -0.15) is 0 Å². The van der Waals surface area contributed by atoms with Gasteiger partial charge < -0.3 is 9.30 Å². The van der Waals surface area contributed by atoms with E-state index in [9.17, 15) is 4.21 Å². The molecule has 18 heavy (non-hydrogen) atoms. The molecule has 2 rings (SSSR count). The molecule has 0 saturated heterocycles. The molecule has 0 N–H and O–H groups in total. The summed E-state index contributed by atoms with van der Waals surface area (Å²) in [5.41, 5.74) is 0. The van der Waals surface area contributed by atoms with Crippen molar-refractivity contribution in [1.29, 1.82) is 0 Å². The predicted octanol–water partition coefficient (Wildman–Crippen LogP) is 2.50. The van der Waals surface area contributed by atoms with E-state index in [1.807, 2.05) is 29.9 Å². The van der Waals surface area contributed by atoms with Gasteiger partial charge in [0.1, 0.15) is 11.6 Å². The lowest BCUT2D eigenvalue weighted by atomic mass is 10.3. The number of aromatic nitrogens is 2. The SMILES string of the molecule is COc1ccc(Br)cc1[S@@](=O)Cc1nccn1C. The predicted molar refractivity (Wildman–Crippen MR) is 74.0 cm³/mol. The van der Waals surface area contributed by atoms with Crippen LogP contribution in [0.4, 0.5) is 0 Å². The molecule has 1 atom stereocenters. The van der Waals surface area contributed by atoms with Gasteiger partial charge in [-0.25, -0.2) is 4.98 Å². The fraction of sp³-hybridized carbons (Fsp3) is 0.250. The first-order valence-corrected chi connectivity index (χ1v) is 7.41. The van der Waals surface area contributed by atoms with Crippen molar-refractivity contribution >= 4 is 26.7 Å². The van der Waals surface area contributed by atoms with Gasteiger partial charge >= 0.3 is 0 Å². The largest absolute Gasteiger partial charge is 0.495 e. The van der Waals surface area contributed by atoms with E-state index in [1.165, 1.54) is 0 Å². The zero-order chi connectivity index (χ0) is 13.1. The highest BCUT2D eigenvalue weighted by Crippen LogP contribution is 2.27. The van der Waals surface area contributed by atoms with Crippen LogP contribution in [0.1, 0.15) is 5.82 Å². The van der Waals surface area contributed by atoms with E-state index in [4.69, 9.17) is 4.74 Å². The molecule has 1 aromatic heterocycles. The molecule has 1 aromatic carbocycles. The lowest BCUT2D eigenvalue weighted by Crippen LogP contribution is -2.04. The molecule has 4 nitrogen and oxygen atoms in total. The summed E-state index contributed by atoms with van der Waals surface area (Å²) in [6.07, 6.45) is 3.54. The molecule has 0 aliphatic rings. The minimum absolute atomic E-state index is 0.371. The second-order valence-electron chi connectivity index (χ2n) is 3.74. The van der Waals surface area contributed by atoms with Crippen LogP contribution in [0, 0.1) is 0 Å². The molecular weight excluding hydrogens is 316 g/mol. The average Bonchev–Trinajstić information content (AvgIpc) is 2.75. The maximum Gasteiger partial charge on any atom is 0.135 e. The van der Waals surface area contributed by atoms with Crippen LogP contribution in [0.15, 0.2) is 40.0 Å². The first-order chi connectivity index (χ1) is 8.61. The van der Waals surface area contributed by atoms with Crippen LogP contribution in [0.5, 0.6) is 5.75 Å². The molecule has 0 bridgehead atoms. The third-order valence-electron chi connectivity index (χ3n) is 2.55. The fourth-order valence-electron chi connectivity index (χ4n) is 1.56.